The van der Waals surface area contributed by atoms with Gasteiger partial charge in [-0.25, -0.2) is 22.4 Å². The molecule has 0 aliphatic carbocycles. The van der Waals surface area contributed by atoms with E-state index >= 15 is 0 Å². The molecule has 0 fully saturated rings. The maximum absolute atomic E-state index is 12.7. The number of pyridine rings is 2. The molecule has 12 nitrogen and oxygen atoms in total. The molecule has 2 aromatic rings. The number of sulfonamides is 1. The molecule has 2 rings (SSSR count). The van der Waals surface area contributed by atoms with Crippen molar-refractivity contribution >= 4 is 44.6 Å². The predicted molar refractivity (Wildman–Crippen MR) is 107 cm³/mol. The van der Waals surface area contributed by atoms with Crippen molar-refractivity contribution in [3.8, 4) is 11.6 Å². The molecule has 14 heteroatoms. The molecular weight excluding hydrogens is 426 g/mol. The number of amides is 2. The molecule has 0 bridgehead atoms. The number of urea groups is 1. The highest BCUT2D eigenvalue weighted by atomic mass is 32.2. The summed E-state index contributed by atoms with van der Waals surface area (Å²) in [7, 11) is 0.256. The van der Waals surface area contributed by atoms with Crippen molar-refractivity contribution in [2.24, 2.45) is 0 Å². The molecule has 1 atom stereocenters. The van der Waals surface area contributed by atoms with E-state index < -0.39 is 27.3 Å². The zero-order valence-corrected chi connectivity index (χ0v) is 17.5. The van der Waals surface area contributed by atoms with Gasteiger partial charge >= 0.3 is 6.03 Å². The van der Waals surface area contributed by atoms with Crippen LogP contribution in [-0.4, -0.2) is 60.7 Å². The van der Waals surface area contributed by atoms with E-state index in [2.05, 4.69) is 15.3 Å². The van der Waals surface area contributed by atoms with Crippen molar-refractivity contribution in [3.05, 3.63) is 30.5 Å². The number of hydrogen-bond acceptors (Lipinski definition) is 8. The summed E-state index contributed by atoms with van der Waals surface area (Å²) >= 11 is -2.88. The Hall–Kier alpha value is -2.97. The number of aromatic nitrogens is 2. The molecule has 29 heavy (non-hydrogen) atoms. The highest BCUT2D eigenvalue weighted by Crippen LogP contribution is 2.29. The Bertz CT molecular complexity index is 1010. The minimum Gasteiger partial charge on any atom is -0.496 e. The number of anilines is 3. The Morgan fingerprint density at radius 2 is 1.97 bits per heavy atom. The van der Waals surface area contributed by atoms with E-state index in [4.69, 9.17) is 9.47 Å². The average molecular weight is 445 g/mol. The van der Waals surface area contributed by atoms with Crippen LogP contribution < -0.4 is 23.4 Å². The minimum atomic E-state index is -3.73. The van der Waals surface area contributed by atoms with Gasteiger partial charge < -0.3 is 9.47 Å². The summed E-state index contributed by atoms with van der Waals surface area (Å²) in [5, 5.41) is 2.33. The third-order valence-corrected chi connectivity index (χ3v) is 5.43. The summed E-state index contributed by atoms with van der Waals surface area (Å²) in [6.45, 7) is 0. The highest BCUT2D eigenvalue weighted by Gasteiger charge is 2.29. The third-order valence-electron chi connectivity index (χ3n) is 3.59. The lowest BCUT2D eigenvalue weighted by atomic mass is 10.4. The van der Waals surface area contributed by atoms with E-state index in [1.54, 1.807) is 0 Å². The van der Waals surface area contributed by atoms with Crippen LogP contribution in [0.2, 0.25) is 0 Å². The normalized spacial score (nSPS) is 12.0. The Morgan fingerprint density at radius 3 is 2.52 bits per heavy atom. The fourth-order valence-corrected chi connectivity index (χ4v) is 3.11. The van der Waals surface area contributed by atoms with Gasteiger partial charge in [0.15, 0.2) is 5.82 Å². The van der Waals surface area contributed by atoms with Gasteiger partial charge in [-0.3, -0.25) is 14.2 Å². The van der Waals surface area contributed by atoms with Crippen molar-refractivity contribution in [1.29, 1.82) is 0 Å². The van der Waals surface area contributed by atoms with E-state index in [1.165, 1.54) is 51.7 Å². The second-order valence-corrected chi connectivity index (χ2v) is 8.31. The minimum absolute atomic E-state index is 0.0319. The molecule has 0 saturated heterocycles. The van der Waals surface area contributed by atoms with Gasteiger partial charge in [0, 0.05) is 25.4 Å². The molecule has 2 aromatic heterocycles. The van der Waals surface area contributed by atoms with Crippen LogP contribution in [0.5, 0.6) is 11.6 Å². The van der Waals surface area contributed by atoms with Gasteiger partial charge in [-0.15, -0.1) is 0 Å². The quantitative estimate of drug-likeness (QED) is 0.596. The zero-order chi connectivity index (χ0) is 21.8. The fraction of sp³-hybridized carbons (Fsp3) is 0.267. The first-order valence-corrected chi connectivity index (χ1v) is 10.7. The lowest BCUT2D eigenvalue weighted by molar-refractivity contribution is 0.259. The zero-order valence-electron chi connectivity index (χ0n) is 15.9. The summed E-state index contributed by atoms with van der Waals surface area (Å²) in [6, 6.07) is 4.50. The number of hydrogen-bond donors (Lipinski definition) is 2. The Morgan fingerprint density at radius 1 is 1.28 bits per heavy atom. The van der Waals surface area contributed by atoms with Crippen molar-refractivity contribution in [2.45, 2.75) is 0 Å². The van der Waals surface area contributed by atoms with E-state index in [9.17, 15) is 22.0 Å². The summed E-state index contributed by atoms with van der Waals surface area (Å²) in [5.41, 5.74) is -0.0799. The molecule has 0 aliphatic rings. The number of carbonyl (C=O) groups excluding carboxylic acids is 1. The molecule has 1 unspecified atom stereocenters. The second-order valence-electron chi connectivity index (χ2n) is 5.47. The van der Waals surface area contributed by atoms with Crippen LogP contribution in [-0.2, 0) is 21.3 Å². The van der Waals surface area contributed by atoms with Gasteiger partial charge in [0.05, 0.1) is 26.2 Å². The molecule has 0 aromatic carbocycles. The van der Waals surface area contributed by atoms with Crippen LogP contribution in [0.1, 0.15) is 0 Å². The van der Waals surface area contributed by atoms with Crippen molar-refractivity contribution in [1.82, 2.24) is 9.97 Å². The van der Waals surface area contributed by atoms with Crippen LogP contribution in [0, 0.1) is 0 Å². The monoisotopic (exact) mass is 445 g/mol. The number of rotatable bonds is 7. The largest absolute Gasteiger partial charge is 0.496 e. The Labute approximate surface area is 169 Å². The second kappa shape index (κ2) is 9.02. The molecular formula is C15H19N5O7S2. The Kier molecular flexibility index (Phi) is 6.94. The summed E-state index contributed by atoms with van der Waals surface area (Å²) in [5.74, 6) is 0.0648. The molecule has 2 heterocycles. The number of nitrogens with zero attached hydrogens (tertiary/aromatic N) is 4. The third kappa shape index (κ3) is 5.30. The van der Waals surface area contributed by atoms with E-state index in [0.29, 0.717) is 10.1 Å². The number of carbonyl (C=O) groups is 1. The SMILES string of the molecule is COc1cc(NC(=O)N(c2ncccc2N(C)S(C)(=O)=O)S(=O)O)nc(OC)c1. The number of ether oxygens (including phenoxy) is 2. The summed E-state index contributed by atoms with van der Waals surface area (Å²) in [6.07, 6.45) is 2.19. The number of methoxy groups -OCH3 is 2. The van der Waals surface area contributed by atoms with Crippen molar-refractivity contribution in [3.63, 3.8) is 0 Å². The van der Waals surface area contributed by atoms with Crippen LogP contribution in [0.4, 0.5) is 22.1 Å². The standard InChI is InChI=1S/C15H19N5O7S2/c1-19(29(4,24)25)11-6-5-7-16-14(11)20(28(22)23)15(21)18-12-8-10(26-2)9-13(17-12)27-3/h5-9H,1-4H3,(H,22,23)(H,17,18,21). The first-order chi connectivity index (χ1) is 13.6. The van der Waals surface area contributed by atoms with Gasteiger partial charge in [0.2, 0.25) is 15.9 Å². The summed E-state index contributed by atoms with van der Waals surface area (Å²) in [4.78, 5) is 20.6. The highest BCUT2D eigenvalue weighted by molar-refractivity contribution is 7.92. The first-order valence-electron chi connectivity index (χ1n) is 7.79. The average Bonchev–Trinajstić information content (AvgIpc) is 2.66. The Balaban J connectivity index is 2.46. The molecule has 158 valence electrons. The van der Waals surface area contributed by atoms with E-state index in [1.807, 2.05) is 0 Å². The fourth-order valence-electron chi connectivity index (χ4n) is 2.14. The maximum Gasteiger partial charge on any atom is 0.342 e. The molecule has 2 amide bonds. The molecule has 0 spiro atoms. The molecule has 0 radical (unpaired) electrons. The van der Waals surface area contributed by atoms with Crippen LogP contribution in [0.15, 0.2) is 30.5 Å². The van der Waals surface area contributed by atoms with E-state index in [-0.39, 0.29) is 23.2 Å². The number of nitrogens with one attached hydrogen (secondary N) is 1. The van der Waals surface area contributed by atoms with Gasteiger partial charge in [-0.1, -0.05) is 0 Å². The van der Waals surface area contributed by atoms with Crippen molar-refractivity contribution < 1.29 is 31.4 Å². The summed E-state index contributed by atoms with van der Waals surface area (Å²) < 4.78 is 56.6. The molecule has 2 N–H and O–H groups in total. The van der Waals surface area contributed by atoms with Gasteiger partial charge in [0.25, 0.3) is 11.3 Å². The predicted octanol–water partition coefficient (Wildman–Crippen LogP) is 1.06. The van der Waals surface area contributed by atoms with E-state index in [0.717, 1.165) is 10.6 Å². The topological polar surface area (TPSA) is 151 Å². The lowest BCUT2D eigenvalue weighted by Crippen LogP contribution is -2.38. The van der Waals surface area contributed by atoms with Gasteiger partial charge in [-0.2, -0.15) is 9.29 Å². The van der Waals surface area contributed by atoms with Gasteiger partial charge in [0.1, 0.15) is 11.6 Å². The first kappa shape index (κ1) is 22.3. The van der Waals surface area contributed by atoms with Crippen LogP contribution in [0.3, 0.4) is 0 Å². The van der Waals surface area contributed by atoms with Crippen molar-refractivity contribution in [2.75, 3.05) is 41.5 Å². The van der Waals surface area contributed by atoms with Crippen LogP contribution >= 0.6 is 0 Å². The lowest BCUT2D eigenvalue weighted by Gasteiger charge is -2.24. The van der Waals surface area contributed by atoms with Crippen LogP contribution in [0.25, 0.3) is 0 Å². The molecule has 0 aliphatic heterocycles. The van der Waals surface area contributed by atoms with Gasteiger partial charge in [-0.05, 0) is 12.1 Å². The molecule has 0 saturated carbocycles. The maximum atomic E-state index is 12.7. The smallest absolute Gasteiger partial charge is 0.342 e.